The van der Waals surface area contributed by atoms with Crippen LogP contribution < -0.4 is 0 Å². The number of aliphatic hydroxyl groups is 2. The van der Waals surface area contributed by atoms with Crippen molar-refractivity contribution in [1.82, 2.24) is 0 Å². The number of rotatable bonds is 16. The normalized spacial score (nSPS) is 15.0. The van der Waals surface area contributed by atoms with Gasteiger partial charge in [-0.25, -0.2) is 0 Å². The van der Waals surface area contributed by atoms with Crippen molar-refractivity contribution in [1.29, 1.82) is 0 Å². The molecule has 0 spiro atoms. The van der Waals surface area contributed by atoms with E-state index in [1.54, 1.807) is 0 Å². The van der Waals surface area contributed by atoms with Gasteiger partial charge in [-0.15, -0.1) is 0 Å². The van der Waals surface area contributed by atoms with E-state index in [4.69, 9.17) is 18.9 Å². The van der Waals surface area contributed by atoms with Crippen LogP contribution in [0, 0.1) is 0 Å². The molecule has 0 aliphatic carbocycles. The summed E-state index contributed by atoms with van der Waals surface area (Å²) in [6.07, 6.45) is -0.742. The molecular weight excluding hydrogens is 312 g/mol. The summed E-state index contributed by atoms with van der Waals surface area (Å²) in [6.45, 7) is 15.2. The van der Waals surface area contributed by atoms with Crippen molar-refractivity contribution in [3.63, 3.8) is 0 Å². The second-order valence-corrected chi connectivity index (χ2v) is 6.15. The van der Waals surface area contributed by atoms with Crippen molar-refractivity contribution in [2.24, 2.45) is 0 Å². The maximum atomic E-state index is 9.78. The first-order valence-electron chi connectivity index (χ1n) is 8.34. The van der Waals surface area contributed by atoms with Gasteiger partial charge in [-0.05, 0) is 20.3 Å². The molecule has 0 rings (SSSR count). The molecular formula is C18H34O6. The standard InChI is InChI=1S/C18H34O6/c1-6-18(24-12-17(20)11-22-8-15(4)5)13-23-10-16(19)9-21-7-14(2)3/h16-20H,2,4,6-13H2,1,3,5H3. The van der Waals surface area contributed by atoms with Gasteiger partial charge in [0, 0.05) is 0 Å². The minimum atomic E-state index is -0.681. The minimum Gasteiger partial charge on any atom is -0.388 e. The van der Waals surface area contributed by atoms with Crippen molar-refractivity contribution in [2.75, 3.05) is 46.2 Å². The van der Waals surface area contributed by atoms with Gasteiger partial charge < -0.3 is 29.2 Å². The summed E-state index contributed by atoms with van der Waals surface area (Å²) < 4.78 is 21.6. The fraction of sp³-hybridized carbons (Fsp3) is 0.778. The topological polar surface area (TPSA) is 77.4 Å². The molecule has 0 aromatic carbocycles. The molecule has 2 N–H and O–H groups in total. The summed E-state index contributed by atoms with van der Waals surface area (Å²) in [4.78, 5) is 0. The van der Waals surface area contributed by atoms with E-state index in [0.717, 1.165) is 17.6 Å². The Labute approximate surface area is 146 Å². The molecule has 0 aliphatic heterocycles. The fourth-order valence-corrected chi connectivity index (χ4v) is 1.70. The Balaban J connectivity index is 3.74. The average Bonchev–Trinajstić information content (AvgIpc) is 2.49. The Bertz CT molecular complexity index is 344. The van der Waals surface area contributed by atoms with Crippen molar-refractivity contribution in [3.8, 4) is 0 Å². The van der Waals surface area contributed by atoms with Crippen molar-refractivity contribution < 1.29 is 29.2 Å². The first-order chi connectivity index (χ1) is 11.3. The quantitative estimate of drug-likeness (QED) is 0.414. The van der Waals surface area contributed by atoms with E-state index in [9.17, 15) is 10.2 Å². The van der Waals surface area contributed by atoms with Crippen LogP contribution >= 0.6 is 0 Å². The van der Waals surface area contributed by atoms with Crippen LogP contribution in [-0.4, -0.2) is 74.8 Å². The zero-order valence-corrected chi connectivity index (χ0v) is 15.3. The highest BCUT2D eigenvalue weighted by molar-refractivity contribution is 4.87. The first kappa shape index (κ1) is 23.2. The van der Waals surface area contributed by atoms with Crippen LogP contribution in [0.3, 0.4) is 0 Å². The number of hydrogen-bond acceptors (Lipinski definition) is 6. The predicted molar refractivity (Wildman–Crippen MR) is 94.1 cm³/mol. The zero-order chi connectivity index (χ0) is 18.4. The van der Waals surface area contributed by atoms with Gasteiger partial charge in [-0.1, -0.05) is 31.2 Å². The maximum absolute atomic E-state index is 9.78. The van der Waals surface area contributed by atoms with Gasteiger partial charge in [0.1, 0.15) is 12.2 Å². The van der Waals surface area contributed by atoms with E-state index >= 15 is 0 Å². The van der Waals surface area contributed by atoms with E-state index in [1.165, 1.54) is 0 Å². The minimum absolute atomic E-state index is 0.135. The van der Waals surface area contributed by atoms with Crippen LogP contribution in [0.5, 0.6) is 0 Å². The molecule has 0 bridgehead atoms. The van der Waals surface area contributed by atoms with Crippen LogP contribution in [0.4, 0.5) is 0 Å². The number of hydrogen-bond donors (Lipinski definition) is 2. The smallest absolute Gasteiger partial charge is 0.101 e. The van der Waals surface area contributed by atoms with E-state index in [0.29, 0.717) is 19.8 Å². The van der Waals surface area contributed by atoms with E-state index in [-0.39, 0.29) is 32.5 Å². The number of ether oxygens (including phenoxy) is 4. The SMILES string of the molecule is C=C(C)COCC(O)COCC(CC)OCC(O)COCC(=C)C. The van der Waals surface area contributed by atoms with Crippen molar-refractivity contribution >= 4 is 0 Å². The third-order valence-corrected chi connectivity index (χ3v) is 2.91. The van der Waals surface area contributed by atoms with Gasteiger partial charge in [0.25, 0.3) is 0 Å². The maximum Gasteiger partial charge on any atom is 0.101 e. The lowest BCUT2D eigenvalue weighted by Gasteiger charge is -2.20. The highest BCUT2D eigenvalue weighted by atomic mass is 16.5. The van der Waals surface area contributed by atoms with Crippen LogP contribution in [0.2, 0.25) is 0 Å². The van der Waals surface area contributed by atoms with Crippen molar-refractivity contribution in [3.05, 3.63) is 24.3 Å². The summed E-state index contributed by atoms with van der Waals surface area (Å²) in [5.74, 6) is 0. The van der Waals surface area contributed by atoms with Crippen LogP contribution in [-0.2, 0) is 18.9 Å². The predicted octanol–water partition coefficient (Wildman–Crippen LogP) is 1.71. The molecule has 0 amide bonds. The summed E-state index contributed by atoms with van der Waals surface area (Å²) in [5.41, 5.74) is 1.82. The highest BCUT2D eigenvalue weighted by Gasteiger charge is 2.12. The summed E-state index contributed by atoms with van der Waals surface area (Å²) >= 11 is 0. The molecule has 0 aromatic heterocycles. The van der Waals surface area contributed by atoms with Crippen LogP contribution in [0.25, 0.3) is 0 Å². The summed E-state index contributed by atoms with van der Waals surface area (Å²) in [5, 5.41) is 19.5. The van der Waals surface area contributed by atoms with E-state index in [2.05, 4.69) is 13.2 Å². The van der Waals surface area contributed by atoms with Gasteiger partial charge in [0.15, 0.2) is 0 Å². The molecule has 6 heteroatoms. The van der Waals surface area contributed by atoms with Crippen LogP contribution in [0.15, 0.2) is 24.3 Å². The third-order valence-electron chi connectivity index (χ3n) is 2.91. The van der Waals surface area contributed by atoms with Gasteiger partial charge in [-0.3, -0.25) is 0 Å². The van der Waals surface area contributed by atoms with Gasteiger partial charge in [0.2, 0.25) is 0 Å². The molecule has 0 heterocycles. The zero-order valence-electron chi connectivity index (χ0n) is 15.3. The molecule has 3 unspecified atom stereocenters. The fourth-order valence-electron chi connectivity index (χ4n) is 1.70. The van der Waals surface area contributed by atoms with Gasteiger partial charge in [-0.2, -0.15) is 0 Å². The Morgan fingerprint density at radius 3 is 1.71 bits per heavy atom. The number of aliphatic hydroxyl groups excluding tert-OH is 2. The summed E-state index contributed by atoms with van der Waals surface area (Å²) in [7, 11) is 0. The second-order valence-electron chi connectivity index (χ2n) is 6.15. The molecule has 142 valence electrons. The van der Waals surface area contributed by atoms with Gasteiger partial charge >= 0.3 is 0 Å². The third kappa shape index (κ3) is 14.8. The molecule has 0 saturated heterocycles. The summed E-state index contributed by atoms with van der Waals surface area (Å²) in [6, 6.07) is 0. The Morgan fingerprint density at radius 1 is 0.792 bits per heavy atom. The molecule has 0 fully saturated rings. The lowest BCUT2D eigenvalue weighted by molar-refractivity contribution is -0.0811. The second kappa shape index (κ2) is 14.6. The Morgan fingerprint density at radius 2 is 1.25 bits per heavy atom. The lowest BCUT2D eigenvalue weighted by Crippen LogP contribution is -2.30. The largest absolute Gasteiger partial charge is 0.388 e. The molecule has 24 heavy (non-hydrogen) atoms. The molecule has 0 radical (unpaired) electrons. The first-order valence-corrected chi connectivity index (χ1v) is 8.34. The molecule has 0 aliphatic rings. The Hall–Kier alpha value is -0.760. The molecule has 3 atom stereocenters. The molecule has 0 saturated carbocycles. The Kier molecular flexibility index (Phi) is 14.1. The van der Waals surface area contributed by atoms with Crippen molar-refractivity contribution in [2.45, 2.75) is 45.5 Å². The average molecular weight is 346 g/mol. The molecule has 0 aromatic rings. The lowest BCUT2D eigenvalue weighted by atomic mass is 10.3. The van der Waals surface area contributed by atoms with E-state index < -0.39 is 12.2 Å². The van der Waals surface area contributed by atoms with E-state index in [1.807, 2.05) is 20.8 Å². The molecule has 6 nitrogen and oxygen atoms in total. The monoisotopic (exact) mass is 346 g/mol. The van der Waals surface area contributed by atoms with Gasteiger partial charge in [0.05, 0.1) is 52.4 Å². The van der Waals surface area contributed by atoms with Crippen LogP contribution in [0.1, 0.15) is 27.2 Å². The highest BCUT2D eigenvalue weighted by Crippen LogP contribution is 2.02.